The third-order valence-corrected chi connectivity index (χ3v) is 3.35. The Morgan fingerprint density at radius 3 is 2.76 bits per heavy atom. The Kier molecular flexibility index (Phi) is 4.65. The molecule has 0 aliphatic heterocycles. The maximum Gasteiger partial charge on any atom is 0.227 e. The van der Waals surface area contributed by atoms with Crippen molar-refractivity contribution in [3.05, 3.63) is 34.1 Å². The van der Waals surface area contributed by atoms with Crippen LogP contribution in [0.4, 0.5) is 4.39 Å². The van der Waals surface area contributed by atoms with Crippen LogP contribution in [0.5, 0.6) is 0 Å². The van der Waals surface area contributed by atoms with Crippen molar-refractivity contribution in [1.29, 1.82) is 0 Å². The van der Waals surface area contributed by atoms with E-state index in [0.29, 0.717) is 5.56 Å². The first-order valence-electron chi connectivity index (χ1n) is 5.29. The minimum atomic E-state index is -0.611. The summed E-state index contributed by atoms with van der Waals surface area (Å²) in [5.74, 6) is -0.466. The Labute approximate surface area is 109 Å². The molecule has 0 aliphatic rings. The first kappa shape index (κ1) is 14.1. The molecule has 17 heavy (non-hydrogen) atoms. The fraction of sp³-hybridized carbons (Fsp3) is 0.417. The molecule has 1 aromatic carbocycles. The molecule has 0 spiro atoms. The zero-order valence-electron chi connectivity index (χ0n) is 9.89. The average Bonchev–Trinajstić information content (AvgIpc) is 2.29. The van der Waals surface area contributed by atoms with E-state index in [9.17, 15) is 9.18 Å². The third-order valence-electron chi connectivity index (χ3n) is 2.57. The maximum absolute atomic E-state index is 13.0. The summed E-state index contributed by atoms with van der Waals surface area (Å²) in [6.07, 6.45) is 0. The highest BCUT2D eigenvalue weighted by molar-refractivity contribution is 9.10. The second-order valence-electron chi connectivity index (χ2n) is 4.51. The Bertz CT molecular complexity index is 421. The van der Waals surface area contributed by atoms with Crippen molar-refractivity contribution in [2.24, 2.45) is 11.1 Å². The second-order valence-corrected chi connectivity index (χ2v) is 5.36. The number of hydrogen-bond acceptors (Lipinski definition) is 2. The van der Waals surface area contributed by atoms with Crippen LogP contribution in [-0.2, 0) is 11.3 Å². The normalized spacial score (nSPS) is 11.4. The summed E-state index contributed by atoms with van der Waals surface area (Å²) in [6.45, 7) is 4.08. The molecular formula is C12H16BrFN2O. The van der Waals surface area contributed by atoms with Gasteiger partial charge in [0, 0.05) is 17.6 Å². The zero-order valence-corrected chi connectivity index (χ0v) is 11.5. The van der Waals surface area contributed by atoms with Crippen LogP contribution in [0.1, 0.15) is 19.4 Å². The lowest BCUT2D eigenvalue weighted by Crippen LogP contribution is -2.41. The number of amides is 1. The van der Waals surface area contributed by atoms with E-state index in [1.807, 2.05) is 0 Å². The van der Waals surface area contributed by atoms with Crippen LogP contribution in [-0.4, -0.2) is 12.5 Å². The quantitative estimate of drug-likeness (QED) is 0.896. The van der Waals surface area contributed by atoms with Crippen molar-refractivity contribution < 1.29 is 9.18 Å². The van der Waals surface area contributed by atoms with Crippen molar-refractivity contribution in [1.82, 2.24) is 5.32 Å². The standard InChI is InChI=1S/C12H16BrFN2O/c1-12(2,7-15)11(17)16-6-8-5-9(14)3-4-10(8)13/h3-5H,6-7,15H2,1-2H3,(H,16,17). The van der Waals surface area contributed by atoms with Crippen LogP contribution in [0.15, 0.2) is 22.7 Å². The summed E-state index contributed by atoms with van der Waals surface area (Å²) in [6, 6.07) is 4.37. The SMILES string of the molecule is CC(C)(CN)C(=O)NCc1cc(F)ccc1Br. The number of carbonyl (C=O) groups is 1. The van der Waals surface area contributed by atoms with Gasteiger partial charge in [0.2, 0.25) is 5.91 Å². The van der Waals surface area contributed by atoms with Gasteiger partial charge in [-0.2, -0.15) is 0 Å². The molecule has 0 aliphatic carbocycles. The monoisotopic (exact) mass is 302 g/mol. The summed E-state index contributed by atoms with van der Waals surface area (Å²) in [5, 5.41) is 2.74. The largest absolute Gasteiger partial charge is 0.351 e. The van der Waals surface area contributed by atoms with E-state index < -0.39 is 5.41 Å². The molecule has 0 saturated heterocycles. The topological polar surface area (TPSA) is 55.1 Å². The Morgan fingerprint density at radius 1 is 1.53 bits per heavy atom. The molecule has 3 nitrogen and oxygen atoms in total. The van der Waals surface area contributed by atoms with E-state index >= 15 is 0 Å². The van der Waals surface area contributed by atoms with Gasteiger partial charge < -0.3 is 11.1 Å². The van der Waals surface area contributed by atoms with Crippen LogP contribution in [0.3, 0.4) is 0 Å². The highest BCUT2D eigenvalue weighted by Crippen LogP contribution is 2.18. The zero-order chi connectivity index (χ0) is 13.1. The van der Waals surface area contributed by atoms with Crippen molar-refractivity contribution >= 4 is 21.8 Å². The molecule has 3 N–H and O–H groups in total. The van der Waals surface area contributed by atoms with Crippen molar-refractivity contribution in [3.8, 4) is 0 Å². The maximum atomic E-state index is 13.0. The number of nitrogens with two attached hydrogens (primary N) is 1. The van der Waals surface area contributed by atoms with Gasteiger partial charge in [0.05, 0.1) is 5.41 Å². The fourth-order valence-corrected chi connectivity index (χ4v) is 1.57. The lowest BCUT2D eigenvalue weighted by Gasteiger charge is -2.21. The van der Waals surface area contributed by atoms with Crippen LogP contribution >= 0.6 is 15.9 Å². The van der Waals surface area contributed by atoms with Gasteiger partial charge in [-0.05, 0) is 37.6 Å². The number of nitrogens with one attached hydrogen (secondary N) is 1. The second kappa shape index (κ2) is 5.60. The molecule has 94 valence electrons. The van der Waals surface area contributed by atoms with Crippen LogP contribution in [0.25, 0.3) is 0 Å². The van der Waals surface area contributed by atoms with Crippen LogP contribution < -0.4 is 11.1 Å². The van der Waals surface area contributed by atoms with Gasteiger partial charge in [0.15, 0.2) is 0 Å². The van der Waals surface area contributed by atoms with Gasteiger partial charge in [0.25, 0.3) is 0 Å². The highest BCUT2D eigenvalue weighted by atomic mass is 79.9. The number of rotatable bonds is 4. The molecule has 0 atom stereocenters. The van der Waals surface area contributed by atoms with E-state index in [2.05, 4.69) is 21.2 Å². The van der Waals surface area contributed by atoms with E-state index in [1.54, 1.807) is 19.9 Å². The Morgan fingerprint density at radius 2 is 2.18 bits per heavy atom. The van der Waals surface area contributed by atoms with Crippen LogP contribution in [0, 0.1) is 11.2 Å². The van der Waals surface area contributed by atoms with E-state index in [1.165, 1.54) is 12.1 Å². The average molecular weight is 303 g/mol. The van der Waals surface area contributed by atoms with Gasteiger partial charge in [-0.15, -0.1) is 0 Å². The molecular weight excluding hydrogens is 287 g/mol. The van der Waals surface area contributed by atoms with Gasteiger partial charge in [-0.25, -0.2) is 4.39 Å². The molecule has 1 aromatic rings. The molecule has 1 amide bonds. The van der Waals surface area contributed by atoms with Crippen LogP contribution in [0.2, 0.25) is 0 Å². The van der Waals surface area contributed by atoms with Gasteiger partial charge in [0.1, 0.15) is 5.82 Å². The predicted molar refractivity (Wildman–Crippen MR) is 68.8 cm³/mol. The van der Waals surface area contributed by atoms with Gasteiger partial charge in [-0.1, -0.05) is 15.9 Å². The van der Waals surface area contributed by atoms with Crippen molar-refractivity contribution in [3.63, 3.8) is 0 Å². The third kappa shape index (κ3) is 3.78. The molecule has 0 radical (unpaired) electrons. The van der Waals surface area contributed by atoms with E-state index in [-0.39, 0.29) is 24.8 Å². The molecule has 0 heterocycles. The molecule has 0 unspecified atom stereocenters. The number of benzene rings is 1. The molecule has 1 rings (SSSR count). The fourth-order valence-electron chi connectivity index (χ4n) is 1.19. The molecule has 0 bridgehead atoms. The summed E-state index contributed by atoms with van der Waals surface area (Å²) in [7, 11) is 0. The smallest absolute Gasteiger partial charge is 0.227 e. The first-order chi connectivity index (χ1) is 7.86. The van der Waals surface area contributed by atoms with Gasteiger partial charge in [-0.3, -0.25) is 4.79 Å². The molecule has 0 aromatic heterocycles. The molecule has 5 heteroatoms. The lowest BCUT2D eigenvalue weighted by molar-refractivity contribution is -0.129. The lowest BCUT2D eigenvalue weighted by atomic mass is 9.92. The summed E-state index contributed by atoms with van der Waals surface area (Å²) >= 11 is 3.31. The van der Waals surface area contributed by atoms with E-state index in [4.69, 9.17) is 5.73 Å². The van der Waals surface area contributed by atoms with Crippen molar-refractivity contribution in [2.75, 3.05) is 6.54 Å². The number of hydrogen-bond donors (Lipinski definition) is 2. The predicted octanol–water partition coefficient (Wildman–Crippen LogP) is 2.19. The first-order valence-corrected chi connectivity index (χ1v) is 6.08. The Balaban J connectivity index is 2.68. The summed E-state index contributed by atoms with van der Waals surface area (Å²) in [4.78, 5) is 11.8. The van der Waals surface area contributed by atoms with E-state index in [0.717, 1.165) is 4.47 Å². The highest BCUT2D eigenvalue weighted by Gasteiger charge is 2.25. The number of halogens is 2. The minimum absolute atomic E-state index is 0.142. The Hall–Kier alpha value is -0.940. The van der Waals surface area contributed by atoms with Gasteiger partial charge >= 0.3 is 0 Å². The summed E-state index contributed by atoms with van der Waals surface area (Å²) in [5.41, 5.74) is 5.59. The molecule has 0 saturated carbocycles. The molecule has 0 fully saturated rings. The minimum Gasteiger partial charge on any atom is -0.351 e. The van der Waals surface area contributed by atoms with Crippen molar-refractivity contribution in [2.45, 2.75) is 20.4 Å². The summed E-state index contributed by atoms with van der Waals surface area (Å²) < 4.78 is 13.8. The number of carbonyl (C=O) groups excluding carboxylic acids is 1.